The topological polar surface area (TPSA) is 87.6 Å². The van der Waals surface area contributed by atoms with E-state index in [0.29, 0.717) is 11.6 Å². The van der Waals surface area contributed by atoms with Crippen molar-refractivity contribution < 1.29 is 14.6 Å². The van der Waals surface area contributed by atoms with E-state index in [0.717, 1.165) is 44.8 Å². The zero-order valence-corrected chi connectivity index (χ0v) is 16.8. The van der Waals surface area contributed by atoms with Gasteiger partial charge in [-0.3, -0.25) is 9.69 Å². The van der Waals surface area contributed by atoms with E-state index in [-0.39, 0.29) is 18.5 Å². The Balaban J connectivity index is 1.29. The van der Waals surface area contributed by atoms with Crippen molar-refractivity contribution in [1.29, 1.82) is 0 Å². The third-order valence-electron chi connectivity index (χ3n) is 5.93. The van der Waals surface area contributed by atoms with Gasteiger partial charge in [0.1, 0.15) is 12.0 Å². The maximum atomic E-state index is 12.5. The lowest BCUT2D eigenvalue weighted by Gasteiger charge is -2.36. The van der Waals surface area contributed by atoms with E-state index in [1.807, 2.05) is 6.92 Å². The summed E-state index contributed by atoms with van der Waals surface area (Å²) in [5.74, 6) is 0.187. The second-order valence-electron chi connectivity index (χ2n) is 8.01. The van der Waals surface area contributed by atoms with Crippen molar-refractivity contribution >= 4 is 5.91 Å². The Morgan fingerprint density at radius 3 is 2.86 bits per heavy atom. The van der Waals surface area contributed by atoms with Gasteiger partial charge in [-0.25, -0.2) is 9.97 Å². The second-order valence-corrected chi connectivity index (χ2v) is 8.01. The van der Waals surface area contributed by atoms with Crippen molar-refractivity contribution in [2.45, 2.75) is 38.5 Å². The summed E-state index contributed by atoms with van der Waals surface area (Å²) in [7, 11) is 0. The van der Waals surface area contributed by atoms with E-state index in [9.17, 15) is 9.90 Å². The lowest BCUT2D eigenvalue weighted by molar-refractivity contribution is -0.0316. The highest BCUT2D eigenvalue weighted by Crippen LogP contribution is 2.21. The number of ether oxygens (including phenoxy) is 1. The average Bonchev–Trinajstić information content (AvgIpc) is 2.73. The molecule has 4 rings (SSSR count). The van der Waals surface area contributed by atoms with Crippen molar-refractivity contribution in [2.24, 2.45) is 5.92 Å². The highest BCUT2D eigenvalue weighted by Gasteiger charge is 2.26. The zero-order valence-electron chi connectivity index (χ0n) is 16.8. The van der Waals surface area contributed by atoms with Gasteiger partial charge in [0.25, 0.3) is 5.91 Å². The molecule has 2 aromatic rings. The summed E-state index contributed by atoms with van der Waals surface area (Å²) in [5.41, 5.74) is 3.88. The molecule has 2 atom stereocenters. The molecule has 3 heterocycles. The quantitative estimate of drug-likeness (QED) is 0.731. The number of benzene rings is 1. The van der Waals surface area contributed by atoms with Crippen molar-refractivity contribution in [3.63, 3.8) is 0 Å². The van der Waals surface area contributed by atoms with E-state index in [1.54, 1.807) is 6.07 Å². The van der Waals surface area contributed by atoms with Crippen molar-refractivity contribution in [2.75, 3.05) is 26.3 Å². The molecule has 2 aliphatic heterocycles. The zero-order chi connectivity index (χ0) is 20.2. The maximum Gasteiger partial charge on any atom is 0.270 e. The van der Waals surface area contributed by atoms with Gasteiger partial charge in [0.05, 0.1) is 19.3 Å². The molecular weight excluding hydrogens is 368 g/mol. The Hall–Kier alpha value is -2.35. The maximum absolute atomic E-state index is 12.5. The number of hydrogen-bond acceptors (Lipinski definition) is 6. The molecule has 2 aliphatic rings. The third-order valence-corrected chi connectivity index (χ3v) is 5.93. The number of aliphatic hydroxyl groups is 1. The van der Waals surface area contributed by atoms with Crippen LogP contribution < -0.4 is 5.32 Å². The summed E-state index contributed by atoms with van der Waals surface area (Å²) in [6.45, 7) is 5.42. The lowest BCUT2D eigenvalue weighted by atomic mass is 9.98. The molecule has 1 aromatic heterocycles. The van der Waals surface area contributed by atoms with Crippen LogP contribution in [0.4, 0.5) is 0 Å². The Bertz CT molecular complexity index is 855. The summed E-state index contributed by atoms with van der Waals surface area (Å²) < 4.78 is 5.19. The minimum Gasteiger partial charge on any atom is -0.390 e. The number of amides is 1. The molecule has 2 unspecified atom stereocenters. The highest BCUT2D eigenvalue weighted by atomic mass is 16.5. The molecule has 0 bridgehead atoms. The second kappa shape index (κ2) is 8.98. The summed E-state index contributed by atoms with van der Waals surface area (Å²) >= 11 is 0. The van der Waals surface area contributed by atoms with E-state index in [2.05, 4.69) is 44.5 Å². The Morgan fingerprint density at radius 2 is 2.10 bits per heavy atom. The molecule has 7 heteroatoms. The van der Waals surface area contributed by atoms with Gasteiger partial charge in [-0.1, -0.05) is 24.3 Å². The lowest BCUT2D eigenvalue weighted by Crippen LogP contribution is -2.48. The Morgan fingerprint density at radius 1 is 1.31 bits per heavy atom. The number of hydrogen-bond donors (Lipinski definition) is 2. The minimum atomic E-state index is -0.655. The number of aromatic nitrogens is 2. The van der Waals surface area contributed by atoms with Gasteiger partial charge in [-0.05, 0) is 37.0 Å². The summed E-state index contributed by atoms with van der Waals surface area (Å²) in [6, 6.07) is 10.1. The van der Waals surface area contributed by atoms with E-state index in [4.69, 9.17) is 4.74 Å². The van der Waals surface area contributed by atoms with E-state index in [1.165, 1.54) is 17.5 Å². The number of carbonyl (C=O) groups excluding carboxylic acids is 1. The third kappa shape index (κ3) is 4.80. The monoisotopic (exact) mass is 396 g/mol. The van der Waals surface area contributed by atoms with Crippen LogP contribution in [0.5, 0.6) is 0 Å². The number of nitrogens with zero attached hydrogens (tertiary/aromatic N) is 3. The normalized spacial score (nSPS) is 19.1. The van der Waals surface area contributed by atoms with Crippen LogP contribution in [0.25, 0.3) is 0 Å². The van der Waals surface area contributed by atoms with Gasteiger partial charge >= 0.3 is 0 Å². The molecular formula is C22H28N4O3. The van der Waals surface area contributed by atoms with Crippen molar-refractivity contribution in [3.05, 3.63) is 59.2 Å². The molecule has 1 fully saturated rings. The predicted molar refractivity (Wildman–Crippen MR) is 108 cm³/mol. The molecule has 0 radical (unpaired) electrons. The van der Waals surface area contributed by atoms with Crippen molar-refractivity contribution in [3.8, 4) is 0 Å². The first-order chi connectivity index (χ1) is 14.1. The average molecular weight is 396 g/mol. The predicted octanol–water partition coefficient (Wildman–Crippen LogP) is 1.20. The van der Waals surface area contributed by atoms with Crippen LogP contribution in [0.2, 0.25) is 0 Å². The van der Waals surface area contributed by atoms with Crippen LogP contribution in [0.15, 0.2) is 36.7 Å². The number of aliphatic hydroxyl groups excluding tert-OH is 1. The Labute approximate surface area is 171 Å². The van der Waals surface area contributed by atoms with Crippen LogP contribution in [0, 0.1) is 5.92 Å². The fourth-order valence-corrected chi connectivity index (χ4v) is 3.90. The van der Waals surface area contributed by atoms with E-state index < -0.39 is 6.10 Å². The number of fused-ring (bicyclic) bond motifs is 1. The van der Waals surface area contributed by atoms with Gasteiger partial charge in [0.2, 0.25) is 0 Å². The summed E-state index contributed by atoms with van der Waals surface area (Å²) in [6.07, 6.45) is 2.54. The molecule has 0 saturated carbocycles. The van der Waals surface area contributed by atoms with Crippen LogP contribution in [-0.4, -0.2) is 64.3 Å². The molecule has 0 aliphatic carbocycles. The van der Waals surface area contributed by atoms with Gasteiger partial charge < -0.3 is 15.2 Å². The number of rotatable bonds is 7. The summed E-state index contributed by atoms with van der Waals surface area (Å²) in [4.78, 5) is 23.1. The van der Waals surface area contributed by atoms with Gasteiger partial charge in [0.15, 0.2) is 0 Å². The first-order valence-corrected chi connectivity index (χ1v) is 10.3. The van der Waals surface area contributed by atoms with Gasteiger partial charge in [-0.15, -0.1) is 0 Å². The van der Waals surface area contributed by atoms with Crippen LogP contribution in [0.1, 0.15) is 34.2 Å². The molecule has 1 aromatic carbocycles. The SMILES string of the molecule is CC(C(O)CNC(=O)c1cc(CC2COC2)ncn1)N1CCc2ccccc2C1. The molecule has 0 spiro atoms. The highest BCUT2D eigenvalue weighted by molar-refractivity contribution is 5.92. The fourth-order valence-electron chi connectivity index (χ4n) is 3.90. The standard InChI is InChI=1S/C22H28N4O3/c1-15(26-7-6-17-4-2-3-5-18(17)11-26)21(27)10-23-22(28)20-9-19(24-14-25-20)8-16-12-29-13-16/h2-5,9,14-16,21,27H,6-8,10-13H2,1H3,(H,23,28). The Kier molecular flexibility index (Phi) is 6.18. The smallest absolute Gasteiger partial charge is 0.270 e. The number of carbonyl (C=O) groups is 1. The fraction of sp³-hybridized carbons (Fsp3) is 0.500. The first kappa shape index (κ1) is 19.9. The van der Waals surface area contributed by atoms with Crippen LogP contribution in [-0.2, 0) is 24.1 Å². The first-order valence-electron chi connectivity index (χ1n) is 10.3. The van der Waals surface area contributed by atoms with E-state index >= 15 is 0 Å². The van der Waals surface area contributed by atoms with Gasteiger partial charge in [0, 0.05) is 37.3 Å². The largest absolute Gasteiger partial charge is 0.390 e. The summed E-state index contributed by atoms with van der Waals surface area (Å²) in [5, 5.41) is 13.4. The van der Waals surface area contributed by atoms with Crippen molar-refractivity contribution in [1.82, 2.24) is 20.2 Å². The minimum absolute atomic E-state index is 0.0526. The molecule has 1 saturated heterocycles. The molecule has 2 N–H and O–H groups in total. The van der Waals surface area contributed by atoms with Crippen LogP contribution in [0.3, 0.4) is 0 Å². The molecule has 29 heavy (non-hydrogen) atoms. The molecule has 7 nitrogen and oxygen atoms in total. The number of nitrogens with one attached hydrogen (secondary N) is 1. The van der Waals surface area contributed by atoms with Crippen LogP contribution >= 0.6 is 0 Å². The molecule has 154 valence electrons. The molecule has 1 amide bonds. The van der Waals surface area contributed by atoms with Gasteiger partial charge in [-0.2, -0.15) is 0 Å².